The summed E-state index contributed by atoms with van der Waals surface area (Å²) in [6.07, 6.45) is 2.13. The maximum atomic E-state index is 11.9. The number of carbonyl (C=O) groups is 1. The average molecular weight is 209 g/mol. The van der Waals surface area contributed by atoms with Gasteiger partial charge in [0.25, 0.3) is 5.91 Å². The zero-order valence-electron chi connectivity index (χ0n) is 9.95. The number of rotatable bonds is 4. The van der Waals surface area contributed by atoms with Crippen LogP contribution in [0.5, 0.6) is 0 Å². The van der Waals surface area contributed by atoms with E-state index in [1.807, 2.05) is 27.1 Å². The number of hydrogen-bond donors (Lipinski definition) is 0. The second kappa shape index (κ2) is 4.96. The van der Waals surface area contributed by atoms with Crippen LogP contribution in [0.15, 0.2) is 6.07 Å². The predicted octanol–water partition coefficient (Wildman–Crippen LogP) is 1.60. The molecule has 15 heavy (non-hydrogen) atoms. The van der Waals surface area contributed by atoms with Crippen molar-refractivity contribution in [2.45, 2.75) is 26.7 Å². The van der Waals surface area contributed by atoms with E-state index in [9.17, 15) is 4.79 Å². The van der Waals surface area contributed by atoms with Crippen molar-refractivity contribution in [2.75, 3.05) is 13.6 Å². The largest absolute Gasteiger partial charge is 0.340 e. The Bertz CT molecular complexity index is 324. The van der Waals surface area contributed by atoms with Gasteiger partial charge in [0.1, 0.15) is 0 Å². The molecule has 0 saturated heterocycles. The number of amides is 1. The van der Waals surface area contributed by atoms with Gasteiger partial charge in [0, 0.05) is 26.3 Å². The van der Waals surface area contributed by atoms with Crippen LogP contribution >= 0.6 is 0 Å². The van der Waals surface area contributed by atoms with Crippen molar-refractivity contribution in [1.29, 1.82) is 0 Å². The lowest BCUT2D eigenvalue weighted by Gasteiger charge is -2.14. The Kier molecular flexibility index (Phi) is 3.88. The molecule has 0 aromatic carbocycles. The number of unbranched alkanes of at least 4 members (excludes halogenated alkanes) is 1. The highest BCUT2D eigenvalue weighted by atomic mass is 16.2. The van der Waals surface area contributed by atoms with Crippen LogP contribution in [-0.4, -0.2) is 34.2 Å². The molecule has 0 bridgehead atoms. The molecular formula is C11H19N3O. The van der Waals surface area contributed by atoms with Crippen LogP contribution in [0.4, 0.5) is 0 Å². The van der Waals surface area contributed by atoms with E-state index in [4.69, 9.17) is 0 Å². The third-order valence-electron chi connectivity index (χ3n) is 2.53. The second-order valence-electron chi connectivity index (χ2n) is 3.87. The molecule has 4 heteroatoms. The van der Waals surface area contributed by atoms with Crippen LogP contribution in [0.1, 0.15) is 35.9 Å². The van der Waals surface area contributed by atoms with Gasteiger partial charge in [0.15, 0.2) is 5.69 Å². The number of nitrogens with zero attached hydrogens (tertiary/aromatic N) is 3. The highest BCUT2D eigenvalue weighted by molar-refractivity contribution is 5.92. The molecule has 0 unspecified atom stereocenters. The van der Waals surface area contributed by atoms with E-state index in [0.717, 1.165) is 25.1 Å². The number of hydrogen-bond acceptors (Lipinski definition) is 2. The lowest BCUT2D eigenvalue weighted by atomic mass is 10.3. The Morgan fingerprint density at radius 1 is 1.60 bits per heavy atom. The summed E-state index contributed by atoms with van der Waals surface area (Å²) in [6, 6.07) is 1.82. The smallest absolute Gasteiger partial charge is 0.274 e. The predicted molar refractivity (Wildman–Crippen MR) is 59.8 cm³/mol. The minimum absolute atomic E-state index is 0.00662. The molecule has 0 aliphatic heterocycles. The topological polar surface area (TPSA) is 38.1 Å². The molecule has 1 amide bonds. The van der Waals surface area contributed by atoms with Gasteiger partial charge in [-0.15, -0.1) is 0 Å². The Hall–Kier alpha value is -1.32. The lowest BCUT2D eigenvalue weighted by Crippen LogP contribution is -2.28. The Morgan fingerprint density at radius 3 is 2.73 bits per heavy atom. The van der Waals surface area contributed by atoms with Crippen LogP contribution in [-0.2, 0) is 7.05 Å². The summed E-state index contributed by atoms with van der Waals surface area (Å²) in [5, 5.41) is 4.16. The SMILES string of the molecule is CCCCN(C)C(=O)c1cc(C)n(C)n1. The minimum atomic E-state index is 0.00662. The Morgan fingerprint density at radius 2 is 2.27 bits per heavy atom. The van der Waals surface area contributed by atoms with Crippen LogP contribution < -0.4 is 0 Å². The third kappa shape index (κ3) is 2.81. The standard InChI is InChI=1S/C11H19N3O/c1-5-6-7-13(3)11(15)10-8-9(2)14(4)12-10/h8H,5-7H2,1-4H3. The van der Waals surface area contributed by atoms with Crippen molar-refractivity contribution in [3.63, 3.8) is 0 Å². The van der Waals surface area contributed by atoms with Crippen molar-refractivity contribution in [2.24, 2.45) is 7.05 Å². The maximum Gasteiger partial charge on any atom is 0.274 e. The summed E-state index contributed by atoms with van der Waals surface area (Å²) < 4.78 is 1.72. The second-order valence-corrected chi connectivity index (χ2v) is 3.87. The lowest BCUT2D eigenvalue weighted by molar-refractivity contribution is 0.0786. The molecule has 1 rings (SSSR count). The summed E-state index contributed by atoms with van der Waals surface area (Å²) in [6.45, 7) is 4.85. The molecule has 1 aromatic rings. The Labute approximate surface area is 90.9 Å². The van der Waals surface area contributed by atoms with Crippen LogP contribution in [0.3, 0.4) is 0 Å². The first-order chi connectivity index (χ1) is 7.06. The number of carbonyl (C=O) groups excluding carboxylic acids is 1. The summed E-state index contributed by atoms with van der Waals surface area (Å²) in [7, 11) is 3.67. The molecule has 0 spiro atoms. The molecule has 1 aromatic heterocycles. The number of aromatic nitrogens is 2. The van der Waals surface area contributed by atoms with E-state index in [-0.39, 0.29) is 5.91 Å². The van der Waals surface area contributed by atoms with Gasteiger partial charge >= 0.3 is 0 Å². The first-order valence-corrected chi connectivity index (χ1v) is 5.32. The first-order valence-electron chi connectivity index (χ1n) is 5.32. The normalized spacial score (nSPS) is 10.4. The van der Waals surface area contributed by atoms with Gasteiger partial charge in [-0.2, -0.15) is 5.10 Å². The fraction of sp³-hybridized carbons (Fsp3) is 0.636. The molecule has 1 heterocycles. The first kappa shape index (κ1) is 11.8. The van der Waals surface area contributed by atoms with E-state index < -0.39 is 0 Å². The summed E-state index contributed by atoms with van der Waals surface area (Å²) in [4.78, 5) is 13.6. The quantitative estimate of drug-likeness (QED) is 0.755. The van der Waals surface area contributed by atoms with Crippen molar-refractivity contribution >= 4 is 5.91 Å². The van der Waals surface area contributed by atoms with Crippen molar-refractivity contribution in [3.05, 3.63) is 17.5 Å². The maximum absolute atomic E-state index is 11.9. The number of aryl methyl sites for hydroxylation is 2. The van der Waals surface area contributed by atoms with Crippen LogP contribution in [0.25, 0.3) is 0 Å². The molecule has 0 N–H and O–H groups in total. The summed E-state index contributed by atoms with van der Waals surface area (Å²) in [5.74, 6) is 0.00662. The average Bonchev–Trinajstić information content (AvgIpc) is 2.54. The molecule has 0 aliphatic carbocycles. The van der Waals surface area contributed by atoms with Gasteiger partial charge in [-0.05, 0) is 19.4 Å². The van der Waals surface area contributed by atoms with E-state index in [2.05, 4.69) is 12.0 Å². The van der Waals surface area contributed by atoms with Gasteiger partial charge in [-0.25, -0.2) is 0 Å². The molecule has 84 valence electrons. The molecule has 0 aliphatic rings. The van der Waals surface area contributed by atoms with E-state index in [1.54, 1.807) is 9.58 Å². The van der Waals surface area contributed by atoms with Crippen molar-refractivity contribution < 1.29 is 4.79 Å². The van der Waals surface area contributed by atoms with E-state index >= 15 is 0 Å². The molecule has 0 radical (unpaired) electrons. The van der Waals surface area contributed by atoms with Crippen molar-refractivity contribution in [1.82, 2.24) is 14.7 Å². The van der Waals surface area contributed by atoms with Gasteiger partial charge < -0.3 is 4.90 Å². The highest BCUT2D eigenvalue weighted by Crippen LogP contribution is 2.05. The molecule has 0 atom stereocenters. The van der Waals surface area contributed by atoms with Gasteiger partial charge in [0.05, 0.1) is 0 Å². The fourth-order valence-electron chi connectivity index (χ4n) is 1.36. The highest BCUT2D eigenvalue weighted by Gasteiger charge is 2.14. The fourth-order valence-corrected chi connectivity index (χ4v) is 1.36. The van der Waals surface area contributed by atoms with Crippen LogP contribution in [0, 0.1) is 6.92 Å². The minimum Gasteiger partial charge on any atom is -0.340 e. The van der Waals surface area contributed by atoms with E-state index in [0.29, 0.717) is 5.69 Å². The summed E-state index contributed by atoms with van der Waals surface area (Å²) >= 11 is 0. The molecular weight excluding hydrogens is 190 g/mol. The molecule has 0 fully saturated rings. The monoisotopic (exact) mass is 209 g/mol. The zero-order chi connectivity index (χ0) is 11.4. The van der Waals surface area contributed by atoms with Gasteiger partial charge in [-0.3, -0.25) is 9.48 Å². The van der Waals surface area contributed by atoms with E-state index in [1.165, 1.54) is 0 Å². The zero-order valence-corrected chi connectivity index (χ0v) is 9.95. The Balaban J connectivity index is 2.67. The van der Waals surface area contributed by atoms with Crippen molar-refractivity contribution in [3.8, 4) is 0 Å². The summed E-state index contributed by atoms with van der Waals surface area (Å²) in [5.41, 5.74) is 1.54. The molecule has 4 nitrogen and oxygen atoms in total. The third-order valence-corrected chi connectivity index (χ3v) is 2.53. The van der Waals surface area contributed by atoms with Gasteiger partial charge in [-0.1, -0.05) is 13.3 Å². The molecule has 0 saturated carbocycles. The van der Waals surface area contributed by atoms with Crippen LogP contribution in [0.2, 0.25) is 0 Å². The van der Waals surface area contributed by atoms with Gasteiger partial charge in [0.2, 0.25) is 0 Å².